The second-order valence-corrected chi connectivity index (χ2v) is 7.41. The van der Waals surface area contributed by atoms with E-state index in [4.69, 9.17) is 4.74 Å². The summed E-state index contributed by atoms with van der Waals surface area (Å²) in [4.78, 5) is 30.3. The summed E-state index contributed by atoms with van der Waals surface area (Å²) in [6.45, 7) is 5.98. The first-order valence-corrected chi connectivity index (χ1v) is 8.26. The lowest BCUT2D eigenvalue weighted by molar-refractivity contribution is -0.121. The molecular formula is C15H20IN3O3. The van der Waals surface area contributed by atoms with E-state index in [1.54, 1.807) is 31.9 Å². The molecule has 1 N–H and O–H groups in total. The molecule has 7 heteroatoms. The molecule has 0 spiro atoms. The van der Waals surface area contributed by atoms with Gasteiger partial charge in [0.2, 0.25) is 0 Å². The van der Waals surface area contributed by atoms with Gasteiger partial charge < -0.3 is 10.1 Å². The summed E-state index contributed by atoms with van der Waals surface area (Å²) in [5, 5.41) is 2.65. The summed E-state index contributed by atoms with van der Waals surface area (Å²) in [5.41, 5.74) is -0.584. The van der Waals surface area contributed by atoms with Crippen LogP contribution in [0.15, 0.2) is 18.3 Å². The molecule has 1 fully saturated rings. The van der Waals surface area contributed by atoms with Gasteiger partial charge in [0.25, 0.3) is 5.91 Å². The Morgan fingerprint density at radius 2 is 2.18 bits per heavy atom. The molecule has 6 nitrogen and oxygen atoms in total. The topological polar surface area (TPSA) is 71.5 Å². The first kappa shape index (κ1) is 17.0. The van der Waals surface area contributed by atoms with Crippen LogP contribution in [0.3, 0.4) is 0 Å². The van der Waals surface area contributed by atoms with Gasteiger partial charge in [-0.25, -0.2) is 9.78 Å². The van der Waals surface area contributed by atoms with E-state index in [1.807, 2.05) is 12.1 Å². The van der Waals surface area contributed by atoms with Gasteiger partial charge in [-0.1, -0.05) is 0 Å². The molecular weight excluding hydrogens is 397 g/mol. The number of nitrogens with one attached hydrogen (secondary N) is 1. The molecule has 0 unspecified atom stereocenters. The molecule has 1 saturated heterocycles. The molecule has 2 amide bonds. The largest absolute Gasteiger partial charge is 0.444 e. The normalized spacial score (nSPS) is 19.0. The number of carbonyl (C=O) groups excluding carboxylic acids is 2. The van der Waals surface area contributed by atoms with Crippen LogP contribution in [-0.2, 0) is 9.53 Å². The Bertz CT molecular complexity index is 554. The summed E-state index contributed by atoms with van der Waals surface area (Å²) in [5.74, 6) is 0.465. The number of pyridine rings is 1. The number of halogens is 1. The molecule has 1 atom stereocenters. The zero-order valence-corrected chi connectivity index (χ0v) is 15.1. The molecule has 2 rings (SSSR count). The number of anilines is 1. The van der Waals surface area contributed by atoms with Gasteiger partial charge in [-0.2, -0.15) is 0 Å². The SMILES string of the molecule is CC(C)(C)OC(=O)N[C@H]1CCCN(c2ccc(I)cn2)C1=O. The van der Waals surface area contributed by atoms with Crippen LogP contribution in [0.2, 0.25) is 0 Å². The second kappa shape index (κ2) is 6.80. The van der Waals surface area contributed by atoms with E-state index in [-0.39, 0.29) is 5.91 Å². The summed E-state index contributed by atoms with van der Waals surface area (Å²) in [7, 11) is 0. The van der Waals surface area contributed by atoms with Gasteiger partial charge in [-0.15, -0.1) is 0 Å². The molecule has 120 valence electrons. The maximum Gasteiger partial charge on any atom is 0.408 e. The predicted octanol–water partition coefficient (Wildman–Crippen LogP) is 2.71. The molecule has 1 aliphatic heterocycles. The summed E-state index contributed by atoms with van der Waals surface area (Å²) < 4.78 is 6.22. The second-order valence-electron chi connectivity index (χ2n) is 6.17. The van der Waals surface area contributed by atoms with E-state index in [0.29, 0.717) is 18.8 Å². The highest BCUT2D eigenvalue weighted by atomic mass is 127. The van der Waals surface area contributed by atoms with E-state index < -0.39 is 17.7 Å². The Morgan fingerprint density at radius 3 is 2.77 bits per heavy atom. The van der Waals surface area contributed by atoms with E-state index in [9.17, 15) is 9.59 Å². The molecule has 1 aromatic heterocycles. The van der Waals surface area contributed by atoms with Gasteiger partial charge in [0.05, 0.1) is 0 Å². The van der Waals surface area contributed by atoms with E-state index in [2.05, 4.69) is 32.9 Å². The van der Waals surface area contributed by atoms with Gasteiger partial charge in [0, 0.05) is 16.3 Å². The maximum atomic E-state index is 12.5. The molecule has 1 aromatic rings. The Balaban J connectivity index is 2.04. The number of hydrogen-bond acceptors (Lipinski definition) is 4. The van der Waals surface area contributed by atoms with Crippen LogP contribution in [0.4, 0.5) is 10.6 Å². The predicted molar refractivity (Wildman–Crippen MR) is 91.7 cm³/mol. The van der Waals surface area contributed by atoms with Crippen molar-refractivity contribution in [3.8, 4) is 0 Å². The van der Waals surface area contributed by atoms with Crippen molar-refractivity contribution in [2.45, 2.75) is 45.3 Å². The van der Waals surface area contributed by atoms with Crippen molar-refractivity contribution in [2.75, 3.05) is 11.4 Å². The molecule has 0 saturated carbocycles. The van der Waals surface area contributed by atoms with Crippen molar-refractivity contribution < 1.29 is 14.3 Å². The number of amides is 2. The number of aromatic nitrogens is 1. The zero-order chi connectivity index (χ0) is 16.3. The zero-order valence-electron chi connectivity index (χ0n) is 12.9. The van der Waals surface area contributed by atoms with Crippen LogP contribution in [0.1, 0.15) is 33.6 Å². The van der Waals surface area contributed by atoms with Gasteiger partial charge in [0.1, 0.15) is 17.5 Å². The van der Waals surface area contributed by atoms with Gasteiger partial charge >= 0.3 is 6.09 Å². The van der Waals surface area contributed by atoms with E-state index in [1.165, 1.54) is 0 Å². The first-order valence-electron chi connectivity index (χ1n) is 7.19. The molecule has 0 aromatic carbocycles. The standard InChI is InChI=1S/C15H20IN3O3/c1-15(2,3)22-14(21)18-11-5-4-8-19(13(11)20)12-7-6-10(16)9-17-12/h6-7,9,11H,4-5,8H2,1-3H3,(H,18,21)/t11-/m0/s1. The van der Waals surface area contributed by atoms with Crippen LogP contribution in [0.5, 0.6) is 0 Å². The average Bonchev–Trinajstić information content (AvgIpc) is 2.40. The van der Waals surface area contributed by atoms with Crippen molar-refractivity contribution in [1.29, 1.82) is 0 Å². The molecule has 0 aliphatic carbocycles. The van der Waals surface area contributed by atoms with Crippen LogP contribution in [-0.4, -0.2) is 35.2 Å². The summed E-state index contributed by atoms with van der Waals surface area (Å²) in [6, 6.07) is 3.15. The lowest BCUT2D eigenvalue weighted by Crippen LogP contribution is -2.53. The average molecular weight is 417 g/mol. The molecule has 22 heavy (non-hydrogen) atoms. The van der Waals surface area contributed by atoms with Crippen molar-refractivity contribution in [3.05, 3.63) is 21.9 Å². The summed E-state index contributed by atoms with van der Waals surface area (Å²) >= 11 is 2.17. The fourth-order valence-electron chi connectivity index (χ4n) is 2.21. The maximum absolute atomic E-state index is 12.5. The molecule has 0 bridgehead atoms. The number of carbonyl (C=O) groups is 2. The van der Waals surface area contributed by atoms with E-state index in [0.717, 1.165) is 9.99 Å². The number of nitrogens with zero attached hydrogens (tertiary/aromatic N) is 2. The van der Waals surface area contributed by atoms with Crippen LogP contribution >= 0.6 is 22.6 Å². The monoisotopic (exact) mass is 417 g/mol. The molecule has 1 aliphatic rings. The summed E-state index contributed by atoms with van der Waals surface area (Å²) in [6.07, 6.45) is 2.57. The van der Waals surface area contributed by atoms with Crippen LogP contribution in [0.25, 0.3) is 0 Å². The minimum atomic E-state index is -0.584. The van der Waals surface area contributed by atoms with Crippen LogP contribution < -0.4 is 10.2 Å². The minimum absolute atomic E-state index is 0.147. The highest BCUT2D eigenvalue weighted by molar-refractivity contribution is 14.1. The Kier molecular flexibility index (Phi) is 5.25. The lowest BCUT2D eigenvalue weighted by Gasteiger charge is -2.32. The Labute approximate surface area is 143 Å². The smallest absolute Gasteiger partial charge is 0.408 e. The van der Waals surface area contributed by atoms with Crippen molar-refractivity contribution in [1.82, 2.24) is 10.3 Å². The minimum Gasteiger partial charge on any atom is -0.444 e. The van der Waals surface area contributed by atoms with Crippen molar-refractivity contribution >= 4 is 40.4 Å². The first-order chi connectivity index (χ1) is 10.3. The van der Waals surface area contributed by atoms with Crippen molar-refractivity contribution in [2.24, 2.45) is 0 Å². The lowest BCUT2D eigenvalue weighted by atomic mass is 10.0. The molecule has 0 radical (unpaired) electrons. The Morgan fingerprint density at radius 1 is 1.45 bits per heavy atom. The quantitative estimate of drug-likeness (QED) is 0.752. The highest BCUT2D eigenvalue weighted by Crippen LogP contribution is 2.20. The van der Waals surface area contributed by atoms with Crippen molar-refractivity contribution in [3.63, 3.8) is 0 Å². The number of alkyl carbamates (subject to hydrolysis) is 1. The Hall–Kier alpha value is -1.38. The van der Waals surface area contributed by atoms with Gasteiger partial charge in [-0.3, -0.25) is 9.69 Å². The number of hydrogen-bond donors (Lipinski definition) is 1. The number of piperidine rings is 1. The van der Waals surface area contributed by atoms with Gasteiger partial charge in [-0.05, 0) is 68.3 Å². The van der Waals surface area contributed by atoms with Crippen LogP contribution in [0, 0.1) is 3.57 Å². The fourth-order valence-corrected chi connectivity index (χ4v) is 2.53. The van der Waals surface area contributed by atoms with E-state index >= 15 is 0 Å². The number of rotatable bonds is 2. The number of ether oxygens (including phenoxy) is 1. The van der Waals surface area contributed by atoms with Gasteiger partial charge in [0.15, 0.2) is 0 Å². The third-order valence-corrected chi connectivity index (χ3v) is 3.76. The highest BCUT2D eigenvalue weighted by Gasteiger charge is 2.32. The molecule has 2 heterocycles. The third kappa shape index (κ3) is 4.56. The third-order valence-electron chi connectivity index (χ3n) is 3.12. The fraction of sp³-hybridized carbons (Fsp3) is 0.533.